The lowest BCUT2D eigenvalue weighted by Gasteiger charge is -2.14. The number of unbranched alkanes of at least 4 members (excludes halogenated alkanes) is 2. The number of nitrogen functional groups attached to an aromatic ring is 1. The van der Waals surface area contributed by atoms with Gasteiger partial charge in [-0.15, -0.1) is 0 Å². The Labute approximate surface area is 130 Å². The van der Waals surface area contributed by atoms with E-state index in [2.05, 4.69) is 18.8 Å². The summed E-state index contributed by atoms with van der Waals surface area (Å²) >= 11 is 0. The van der Waals surface area contributed by atoms with Crippen LogP contribution in [0, 0.1) is 0 Å². The second-order valence-corrected chi connectivity index (χ2v) is 5.32. The molecule has 0 saturated heterocycles. The van der Waals surface area contributed by atoms with E-state index in [-0.39, 0.29) is 11.3 Å². The van der Waals surface area contributed by atoms with Gasteiger partial charge in [0, 0.05) is 11.1 Å². The standard InChI is InChI=1S/C17H24N2O3/c1-3-5-9-21-15-13-8-7-12(18)11-14(13)19-17(20)16(15)22-10-6-4-2/h7-8,11H,3-6,9-10,18H2,1-2H3,(H,19,20). The van der Waals surface area contributed by atoms with Gasteiger partial charge < -0.3 is 20.2 Å². The van der Waals surface area contributed by atoms with Gasteiger partial charge in [-0.2, -0.15) is 0 Å². The Morgan fingerprint density at radius 2 is 1.68 bits per heavy atom. The Hall–Kier alpha value is -2.17. The van der Waals surface area contributed by atoms with E-state index < -0.39 is 0 Å². The Balaban J connectivity index is 2.45. The third kappa shape index (κ3) is 3.72. The second kappa shape index (κ2) is 7.73. The number of nitrogens with one attached hydrogen (secondary N) is 1. The number of H-pyrrole nitrogens is 1. The summed E-state index contributed by atoms with van der Waals surface area (Å²) in [5, 5.41) is 0.816. The summed E-state index contributed by atoms with van der Waals surface area (Å²) in [7, 11) is 0. The molecule has 2 aromatic rings. The topological polar surface area (TPSA) is 77.3 Å². The molecule has 0 atom stereocenters. The van der Waals surface area contributed by atoms with Gasteiger partial charge in [0.15, 0.2) is 5.75 Å². The second-order valence-electron chi connectivity index (χ2n) is 5.32. The maximum atomic E-state index is 12.3. The molecule has 0 aliphatic carbocycles. The predicted molar refractivity (Wildman–Crippen MR) is 89.8 cm³/mol. The molecule has 2 rings (SSSR count). The maximum absolute atomic E-state index is 12.3. The average Bonchev–Trinajstić information content (AvgIpc) is 2.49. The summed E-state index contributed by atoms with van der Waals surface area (Å²) in [5.74, 6) is 0.783. The zero-order valence-electron chi connectivity index (χ0n) is 13.3. The van der Waals surface area contributed by atoms with E-state index in [0.29, 0.717) is 30.2 Å². The highest BCUT2D eigenvalue weighted by Crippen LogP contribution is 2.32. The number of hydrogen-bond acceptors (Lipinski definition) is 4. The molecule has 1 aromatic carbocycles. The highest BCUT2D eigenvalue weighted by molar-refractivity contribution is 5.89. The molecule has 0 aliphatic rings. The molecule has 0 radical (unpaired) electrons. The molecular formula is C17H24N2O3. The van der Waals surface area contributed by atoms with Crippen LogP contribution in [0.4, 0.5) is 5.69 Å². The maximum Gasteiger partial charge on any atom is 0.294 e. The van der Waals surface area contributed by atoms with Gasteiger partial charge in [0.2, 0.25) is 5.75 Å². The SMILES string of the molecule is CCCCOc1c(OCCCC)c2ccc(N)cc2[nH]c1=O. The van der Waals surface area contributed by atoms with Gasteiger partial charge >= 0.3 is 0 Å². The molecule has 5 nitrogen and oxygen atoms in total. The molecular weight excluding hydrogens is 280 g/mol. The number of rotatable bonds is 8. The van der Waals surface area contributed by atoms with Crippen LogP contribution in [0.3, 0.4) is 0 Å². The fourth-order valence-corrected chi connectivity index (χ4v) is 2.18. The largest absolute Gasteiger partial charge is 0.489 e. The predicted octanol–water partition coefficient (Wildman–Crippen LogP) is 3.47. The first-order valence-electron chi connectivity index (χ1n) is 7.88. The molecule has 120 valence electrons. The molecule has 0 aliphatic heterocycles. The van der Waals surface area contributed by atoms with Crippen LogP contribution in [-0.2, 0) is 0 Å². The molecule has 0 fully saturated rings. The van der Waals surface area contributed by atoms with E-state index in [0.717, 1.165) is 31.1 Å². The molecule has 5 heteroatoms. The highest BCUT2D eigenvalue weighted by atomic mass is 16.5. The zero-order valence-corrected chi connectivity index (χ0v) is 13.3. The van der Waals surface area contributed by atoms with Crippen molar-refractivity contribution in [3.05, 3.63) is 28.6 Å². The van der Waals surface area contributed by atoms with Gasteiger partial charge in [-0.3, -0.25) is 4.79 Å². The van der Waals surface area contributed by atoms with Gasteiger partial charge in [-0.25, -0.2) is 0 Å². The van der Waals surface area contributed by atoms with Crippen molar-refractivity contribution in [2.45, 2.75) is 39.5 Å². The van der Waals surface area contributed by atoms with Crippen molar-refractivity contribution in [2.75, 3.05) is 18.9 Å². The van der Waals surface area contributed by atoms with Crippen LogP contribution >= 0.6 is 0 Å². The fraction of sp³-hybridized carbons (Fsp3) is 0.471. The molecule has 1 aromatic heterocycles. The number of nitrogens with two attached hydrogens (primary N) is 1. The normalized spacial score (nSPS) is 10.8. The number of anilines is 1. The quantitative estimate of drug-likeness (QED) is 0.578. The van der Waals surface area contributed by atoms with Crippen LogP contribution in [0.2, 0.25) is 0 Å². The van der Waals surface area contributed by atoms with Crippen LogP contribution in [0.15, 0.2) is 23.0 Å². The van der Waals surface area contributed by atoms with Crippen molar-refractivity contribution < 1.29 is 9.47 Å². The van der Waals surface area contributed by atoms with Crippen molar-refractivity contribution in [2.24, 2.45) is 0 Å². The Bertz CT molecular complexity index is 679. The van der Waals surface area contributed by atoms with Gasteiger partial charge in [-0.05, 0) is 31.0 Å². The summed E-state index contributed by atoms with van der Waals surface area (Å²) in [6, 6.07) is 5.39. The van der Waals surface area contributed by atoms with Crippen molar-refractivity contribution in [3.8, 4) is 11.5 Å². The molecule has 3 N–H and O–H groups in total. The zero-order chi connectivity index (χ0) is 15.9. The lowest BCUT2D eigenvalue weighted by atomic mass is 10.1. The molecule has 0 saturated carbocycles. The number of aromatic nitrogens is 1. The van der Waals surface area contributed by atoms with Crippen LogP contribution < -0.4 is 20.8 Å². The van der Waals surface area contributed by atoms with Crippen molar-refractivity contribution in [3.63, 3.8) is 0 Å². The number of fused-ring (bicyclic) bond motifs is 1. The summed E-state index contributed by atoms with van der Waals surface area (Å²) in [5.41, 5.74) is 6.78. The smallest absolute Gasteiger partial charge is 0.294 e. The Morgan fingerprint density at radius 1 is 1.05 bits per heavy atom. The van der Waals surface area contributed by atoms with Gasteiger partial charge in [0.05, 0.1) is 18.7 Å². The first-order chi connectivity index (χ1) is 10.7. The van der Waals surface area contributed by atoms with Gasteiger partial charge in [0.1, 0.15) is 0 Å². The summed E-state index contributed by atoms with van der Waals surface area (Å²) in [4.78, 5) is 15.1. The summed E-state index contributed by atoms with van der Waals surface area (Å²) in [6.07, 6.45) is 3.86. The number of pyridine rings is 1. The van der Waals surface area contributed by atoms with Crippen LogP contribution in [-0.4, -0.2) is 18.2 Å². The Morgan fingerprint density at radius 3 is 2.32 bits per heavy atom. The van der Waals surface area contributed by atoms with E-state index >= 15 is 0 Å². The number of aromatic amines is 1. The van der Waals surface area contributed by atoms with Gasteiger partial charge in [-0.1, -0.05) is 26.7 Å². The fourth-order valence-electron chi connectivity index (χ4n) is 2.18. The van der Waals surface area contributed by atoms with E-state index in [4.69, 9.17) is 15.2 Å². The summed E-state index contributed by atoms with van der Waals surface area (Å²) < 4.78 is 11.5. The van der Waals surface area contributed by atoms with Crippen molar-refractivity contribution in [1.82, 2.24) is 4.98 Å². The molecule has 0 bridgehead atoms. The third-order valence-electron chi connectivity index (χ3n) is 3.44. The number of benzene rings is 1. The average molecular weight is 304 g/mol. The van der Waals surface area contributed by atoms with Crippen LogP contribution in [0.25, 0.3) is 10.9 Å². The number of hydrogen-bond donors (Lipinski definition) is 2. The summed E-state index contributed by atoms with van der Waals surface area (Å²) in [6.45, 7) is 5.24. The van der Waals surface area contributed by atoms with E-state index in [1.807, 2.05) is 6.07 Å². The first-order valence-corrected chi connectivity index (χ1v) is 7.88. The minimum Gasteiger partial charge on any atom is -0.489 e. The highest BCUT2D eigenvalue weighted by Gasteiger charge is 2.15. The van der Waals surface area contributed by atoms with E-state index in [1.165, 1.54) is 0 Å². The molecule has 1 heterocycles. The molecule has 0 unspecified atom stereocenters. The van der Waals surface area contributed by atoms with Gasteiger partial charge in [0.25, 0.3) is 5.56 Å². The van der Waals surface area contributed by atoms with Crippen LogP contribution in [0.5, 0.6) is 11.5 Å². The van der Waals surface area contributed by atoms with Crippen molar-refractivity contribution in [1.29, 1.82) is 0 Å². The van der Waals surface area contributed by atoms with E-state index in [1.54, 1.807) is 12.1 Å². The minimum absolute atomic E-state index is 0.266. The lowest BCUT2D eigenvalue weighted by Crippen LogP contribution is -2.15. The Kier molecular flexibility index (Phi) is 5.69. The van der Waals surface area contributed by atoms with Crippen molar-refractivity contribution >= 4 is 16.6 Å². The molecule has 0 amide bonds. The minimum atomic E-state index is -0.277. The lowest BCUT2D eigenvalue weighted by molar-refractivity contribution is 0.261. The van der Waals surface area contributed by atoms with Crippen LogP contribution in [0.1, 0.15) is 39.5 Å². The molecule has 0 spiro atoms. The van der Waals surface area contributed by atoms with E-state index in [9.17, 15) is 4.79 Å². The number of ether oxygens (including phenoxy) is 2. The monoisotopic (exact) mass is 304 g/mol. The molecule has 22 heavy (non-hydrogen) atoms. The third-order valence-corrected chi connectivity index (χ3v) is 3.44. The first kappa shape index (κ1) is 16.2.